The molecule has 0 aromatic heterocycles. The number of hydrogen-bond acceptors (Lipinski definition) is 4. The lowest BCUT2D eigenvalue weighted by atomic mass is 10.0. The van der Waals surface area contributed by atoms with Gasteiger partial charge >= 0.3 is 6.18 Å². The summed E-state index contributed by atoms with van der Waals surface area (Å²) in [7, 11) is 0. The Labute approximate surface area is 145 Å². The molecule has 0 saturated carbocycles. The highest BCUT2D eigenvalue weighted by Gasteiger charge is 2.37. The van der Waals surface area contributed by atoms with Gasteiger partial charge in [-0.2, -0.15) is 13.2 Å². The second-order valence-corrected chi connectivity index (χ2v) is 5.84. The van der Waals surface area contributed by atoms with Crippen LogP contribution in [0.4, 0.5) is 18.9 Å². The molecule has 4 rings (SSSR count). The lowest BCUT2D eigenvalue weighted by Crippen LogP contribution is -2.29. The van der Waals surface area contributed by atoms with Gasteiger partial charge in [-0.25, -0.2) is 0 Å². The van der Waals surface area contributed by atoms with Gasteiger partial charge in [0.05, 0.1) is 5.56 Å². The number of benzene rings is 2. The molecule has 0 spiro atoms. The molecule has 1 atom stereocenters. The van der Waals surface area contributed by atoms with E-state index in [1.165, 1.54) is 17.0 Å². The molecule has 1 amide bonds. The number of rotatable bonds is 2. The Kier molecular flexibility index (Phi) is 3.57. The molecule has 134 valence electrons. The van der Waals surface area contributed by atoms with E-state index in [4.69, 9.17) is 9.47 Å². The molecule has 2 aromatic carbocycles. The van der Waals surface area contributed by atoms with E-state index in [-0.39, 0.29) is 12.6 Å². The molecule has 0 aliphatic carbocycles. The Morgan fingerprint density at radius 1 is 1.04 bits per heavy atom. The monoisotopic (exact) mass is 363 g/mol. The number of alkyl halides is 3. The molecule has 0 bridgehead atoms. The van der Waals surface area contributed by atoms with Gasteiger partial charge in [-0.3, -0.25) is 9.69 Å². The topological polar surface area (TPSA) is 59.0 Å². The number of amides is 1. The van der Waals surface area contributed by atoms with Crippen molar-refractivity contribution in [2.24, 2.45) is 0 Å². The summed E-state index contributed by atoms with van der Waals surface area (Å²) in [4.78, 5) is 13.6. The Morgan fingerprint density at radius 2 is 1.73 bits per heavy atom. The van der Waals surface area contributed by atoms with E-state index in [1.54, 1.807) is 18.2 Å². The quantitative estimate of drug-likeness (QED) is 0.877. The molecule has 2 aromatic rings. The fourth-order valence-electron chi connectivity index (χ4n) is 3.02. The first-order chi connectivity index (χ1) is 12.3. The molecule has 2 aliphatic rings. The zero-order chi connectivity index (χ0) is 18.5. The average molecular weight is 363 g/mol. The fourth-order valence-corrected chi connectivity index (χ4v) is 3.02. The van der Waals surface area contributed by atoms with Crippen LogP contribution in [0.2, 0.25) is 0 Å². The summed E-state index contributed by atoms with van der Waals surface area (Å²) >= 11 is 0. The van der Waals surface area contributed by atoms with Crippen LogP contribution in [0.1, 0.15) is 17.2 Å². The smallest absolute Gasteiger partial charge is 0.416 e. The number of fused-ring (bicyclic) bond motifs is 1. The third-order valence-corrected chi connectivity index (χ3v) is 4.24. The number of carbonyl (C=O) groups excluding carboxylic acids is 1. The van der Waals surface area contributed by atoms with E-state index in [9.17, 15) is 23.1 Å². The molecule has 1 N–H and O–H groups in total. The van der Waals surface area contributed by atoms with Gasteiger partial charge < -0.3 is 14.6 Å². The molecule has 2 heterocycles. The van der Waals surface area contributed by atoms with Gasteiger partial charge in [-0.05, 0) is 29.8 Å². The van der Waals surface area contributed by atoms with Gasteiger partial charge in [0.1, 0.15) is 11.8 Å². The van der Waals surface area contributed by atoms with Crippen LogP contribution in [0, 0.1) is 0 Å². The van der Waals surface area contributed by atoms with Crippen molar-refractivity contribution >= 4 is 11.6 Å². The number of anilines is 1. The lowest BCUT2D eigenvalue weighted by molar-refractivity contribution is -0.137. The maximum Gasteiger partial charge on any atom is 0.416 e. The van der Waals surface area contributed by atoms with Crippen molar-refractivity contribution in [3.05, 3.63) is 65.4 Å². The van der Waals surface area contributed by atoms with Crippen LogP contribution in [-0.4, -0.2) is 17.8 Å². The number of aliphatic hydroxyl groups is 1. The van der Waals surface area contributed by atoms with Crippen molar-refractivity contribution in [1.29, 1.82) is 0 Å². The SMILES string of the molecule is O=C1C=C(O)C(c2ccc(C(F)(F)F)cc2)N1c1ccc2c(c1)OCO2. The van der Waals surface area contributed by atoms with Crippen molar-refractivity contribution < 1.29 is 32.5 Å². The highest BCUT2D eigenvalue weighted by atomic mass is 19.4. The first-order valence-corrected chi connectivity index (χ1v) is 7.65. The van der Waals surface area contributed by atoms with Crippen molar-refractivity contribution in [3.63, 3.8) is 0 Å². The molecule has 0 saturated heterocycles. The number of hydrogen-bond donors (Lipinski definition) is 1. The van der Waals surface area contributed by atoms with E-state index in [1.807, 2.05) is 0 Å². The molecule has 26 heavy (non-hydrogen) atoms. The molecule has 8 heteroatoms. The summed E-state index contributed by atoms with van der Waals surface area (Å²) in [6.45, 7) is 0.0680. The summed E-state index contributed by atoms with van der Waals surface area (Å²) in [6.07, 6.45) is -3.41. The van der Waals surface area contributed by atoms with Crippen LogP contribution in [0.15, 0.2) is 54.3 Å². The summed E-state index contributed by atoms with van der Waals surface area (Å²) in [5.41, 5.74) is -0.0108. The first kappa shape index (κ1) is 16.3. The highest BCUT2D eigenvalue weighted by Crippen LogP contribution is 2.42. The van der Waals surface area contributed by atoms with Crippen molar-refractivity contribution in [2.75, 3.05) is 11.7 Å². The summed E-state index contributed by atoms with van der Waals surface area (Å²) in [5, 5.41) is 10.2. The summed E-state index contributed by atoms with van der Waals surface area (Å²) in [6, 6.07) is 8.26. The largest absolute Gasteiger partial charge is 0.510 e. The van der Waals surface area contributed by atoms with E-state index < -0.39 is 23.7 Å². The van der Waals surface area contributed by atoms with Crippen LogP contribution >= 0.6 is 0 Å². The molecular formula is C18H12F3NO4. The minimum Gasteiger partial charge on any atom is -0.510 e. The van der Waals surface area contributed by atoms with Crippen LogP contribution < -0.4 is 14.4 Å². The van der Waals surface area contributed by atoms with Gasteiger partial charge in [-0.1, -0.05) is 12.1 Å². The fraction of sp³-hybridized carbons (Fsp3) is 0.167. The minimum atomic E-state index is -4.46. The maximum absolute atomic E-state index is 12.8. The Morgan fingerprint density at radius 3 is 2.42 bits per heavy atom. The van der Waals surface area contributed by atoms with E-state index >= 15 is 0 Å². The molecule has 1 unspecified atom stereocenters. The molecule has 2 aliphatic heterocycles. The zero-order valence-corrected chi connectivity index (χ0v) is 13.2. The summed E-state index contributed by atoms with van der Waals surface area (Å²) in [5.74, 6) is 0.259. The Bertz CT molecular complexity index is 906. The van der Waals surface area contributed by atoms with Crippen molar-refractivity contribution in [2.45, 2.75) is 12.2 Å². The lowest BCUT2D eigenvalue weighted by Gasteiger charge is -2.26. The second-order valence-electron chi connectivity index (χ2n) is 5.84. The average Bonchev–Trinajstić information content (AvgIpc) is 3.17. The highest BCUT2D eigenvalue weighted by molar-refractivity contribution is 6.05. The maximum atomic E-state index is 12.8. The predicted octanol–water partition coefficient (Wildman–Crippen LogP) is 3.96. The van der Waals surface area contributed by atoms with Crippen LogP contribution in [0.25, 0.3) is 0 Å². The van der Waals surface area contributed by atoms with Crippen LogP contribution in [-0.2, 0) is 11.0 Å². The van der Waals surface area contributed by atoms with E-state index in [2.05, 4.69) is 0 Å². The van der Waals surface area contributed by atoms with Gasteiger partial charge in [0.2, 0.25) is 6.79 Å². The number of halogens is 3. The molecular weight excluding hydrogens is 351 g/mol. The molecule has 0 fully saturated rings. The number of aliphatic hydroxyl groups excluding tert-OH is 1. The number of nitrogens with zero attached hydrogens (tertiary/aromatic N) is 1. The van der Waals surface area contributed by atoms with Crippen LogP contribution in [0.5, 0.6) is 11.5 Å². The first-order valence-electron chi connectivity index (χ1n) is 7.65. The number of ether oxygens (including phenoxy) is 2. The van der Waals surface area contributed by atoms with Gasteiger partial charge in [0, 0.05) is 17.8 Å². The Balaban J connectivity index is 1.71. The van der Waals surface area contributed by atoms with Gasteiger partial charge in [-0.15, -0.1) is 0 Å². The van der Waals surface area contributed by atoms with Gasteiger partial charge in [0.25, 0.3) is 5.91 Å². The standard InChI is InChI=1S/C18H12F3NO4/c19-18(20,21)11-3-1-10(2-4-11)17-13(23)8-16(24)22(17)12-5-6-14-15(7-12)26-9-25-14/h1-8,17,23H,9H2. The minimum absolute atomic E-state index is 0.0680. The van der Waals surface area contributed by atoms with Gasteiger partial charge in [0.15, 0.2) is 11.5 Å². The predicted molar refractivity (Wildman–Crippen MR) is 84.9 cm³/mol. The van der Waals surface area contributed by atoms with Crippen LogP contribution in [0.3, 0.4) is 0 Å². The summed E-state index contributed by atoms with van der Waals surface area (Å²) < 4.78 is 48.8. The molecule has 5 nitrogen and oxygen atoms in total. The zero-order valence-electron chi connectivity index (χ0n) is 13.2. The third kappa shape index (κ3) is 2.63. The second kappa shape index (κ2) is 5.69. The van der Waals surface area contributed by atoms with E-state index in [0.717, 1.165) is 18.2 Å². The normalized spacial score (nSPS) is 19.0. The van der Waals surface area contributed by atoms with E-state index in [0.29, 0.717) is 22.7 Å². The third-order valence-electron chi connectivity index (χ3n) is 4.24. The molecule has 0 radical (unpaired) electrons. The van der Waals surface area contributed by atoms with Crippen molar-refractivity contribution in [3.8, 4) is 11.5 Å². The van der Waals surface area contributed by atoms with Crippen molar-refractivity contribution in [1.82, 2.24) is 0 Å². The Hall–Kier alpha value is -3.16. The number of carbonyl (C=O) groups is 1.